The van der Waals surface area contributed by atoms with E-state index in [2.05, 4.69) is 39.4 Å². The van der Waals surface area contributed by atoms with Crippen LogP contribution in [0.3, 0.4) is 0 Å². The molecule has 178 valence electrons. The van der Waals surface area contributed by atoms with E-state index in [1.165, 1.54) is 15.9 Å². The predicted octanol–water partition coefficient (Wildman–Crippen LogP) is 2.41. The molecule has 0 spiro atoms. The highest BCUT2D eigenvalue weighted by Gasteiger charge is 2.26. The summed E-state index contributed by atoms with van der Waals surface area (Å²) >= 11 is 0. The second-order valence-corrected chi connectivity index (χ2v) is 10.8. The Bertz CT molecular complexity index is 1010. The Labute approximate surface area is 197 Å². The highest BCUT2D eigenvalue weighted by Crippen LogP contribution is 2.21. The lowest BCUT2D eigenvalue weighted by molar-refractivity contribution is 0.0934. The molecule has 1 N–H and O–H groups in total. The van der Waals surface area contributed by atoms with Crippen LogP contribution in [0, 0.1) is 0 Å². The summed E-state index contributed by atoms with van der Waals surface area (Å²) in [5, 5.41) is 2.95. The third-order valence-electron chi connectivity index (χ3n) is 6.48. The second-order valence-electron chi connectivity index (χ2n) is 8.85. The molecule has 2 aromatic carbocycles. The molecule has 0 atom stereocenters. The van der Waals surface area contributed by atoms with Crippen LogP contribution in [0.15, 0.2) is 59.5 Å². The van der Waals surface area contributed by atoms with Crippen molar-refractivity contribution in [1.82, 2.24) is 19.4 Å². The molecular formula is C25H34N4O3S. The van der Waals surface area contributed by atoms with Gasteiger partial charge in [0.05, 0.1) is 4.90 Å². The molecule has 0 radical (unpaired) electrons. The van der Waals surface area contributed by atoms with Crippen molar-refractivity contribution in [2.24, 2.45) is 0 Å². The molecule has 0 aliphatic carbocycles. The zero-order chi connectivity index (χ0) is 23.1. The van der Waals surface area contributed by atoms with Crippen LogP contribution in [0.5, 0.6) is 0 Å². The van der Waals surface area contributed by atoms with Crippen molar-refractivity contribution in [3.05, 3.63) is 65.7 Å². The number of hydrogen-bond donors (Lipinski definition) is 1. The molecular weight excluding hydrogens is 436 g/mol. The van der Waals surface area contributed by atoms with Crippen LogP contribution in [0.25, 0.3) is 0 Å². The maximum absolute atomic E-state index is 12.9. The first-order valence-electron chi connectivity index (χ1n) is 11.9. The molecule has 2 aliphatic rings. The fourth-order valence-electron chi connectivity index (χ4n) is 4.49. The molecule has 0 unspecified atom stereocenters. The molecule has 7 nitrogen and oxygen atoms in total. The Hall–Kier alpha value is -2.26. The first kappa shape index (κ1) is 23.9. The van der Waals surface area contributed by atoms with Gasteiger partial charge in [-0.1, -0.05) is 42.8 Å². The van der Waals surface area contributed by atoms with Crippen molar-refractivity contribution in [2.75, 3.05) is 52.4 Å². The van der Waals surface area contributed by atoms with Crippen molar-refractivity contribution in [3.63, 3.8) is 0 Å². The topological polar surface area (TPSA) is 73.0 Å². The van der Waals surface area contributed by atoms with Gasteiger partial charge in [-0.3, -0.25) is 14.6 Å². The Balaban J connectivity index is 1.23. The van der Waals surface area contributed by atoms with Crippen LogP contribution >= 0.6 is 0 Å². The smallest absolute Gasteiger partial charge is 0.251 e. The number of rotatable bonds is 8. The normalized spacial score (nSPS) is 18.8. The van der Waals surface area contributed by atoms with Crippen LogP contribution in [-0.2, 0) is 16.6 Å². The largest absolute Gasteiger partial charge is 0.351 e. The fraction of sp³-hybridized carbons (Fsp3) is 0.480. The first-order chi connectivity index (χ1) is 16.0. The van der Waals surface area contributed by atoms with E-state index in [9.17, 15) is 13.2 Å². The van der Waals surface area contributed by atoms with Gasteiger partial charge < -0.3 is 5.32 Å². The van der Waals surface area contributed by atoms with Gasteiger partial charge in [-0.25, -0.2) is 8.42 Å². The van der Waals surface area contributed by atoms with Crippen LogP contribution < -0.4 is 5.32 Å². The maximum Gasteiger partial charge on any atom is 0.251 e. The molecule has 0 saturated carbocycles. The number of nitrogens with one attached hydrogen (secondary N) is 1. The predicted molar refractivity (Wildman–Crippen MR) is 130 cm³/mol. The monoisotopic (exact) mass is 470 g/mol. The standard InChI is InChI=1S/C25H34N4O3S/c30-25(23-10-7-11-24(20-23)33(31,32)29-13-5-2-6-14-29)26-12-15-27-16-18-28(19-17-27)21-22-8-3-1-4-9-22/h1,3-4,7-11,20H,2,5-6,12-19,21H2,(H,26,30). The zero-order valence-corrected chi connectivity index (χ0v) is 20.0. The molecule has 2 aromatic rings. The molecule has 2 heterocycles. The number of carbonyl (C=O) groups is 1. The highest BCUT2D eigenvalue weighted by molar-refractivity contribution is 7.89. The summed E-state index contributed by atoms with van der Waals surface area (Å²) in [6.07, 6.45) is 2.84. The van der Waals surface area contributed by atoms with Crippen molar-refractivity contribution in [2.45, 2.75) is 30.7 Å². The van der Waals surface area contributed by atoms with Gasteiger partial charge in [-0.05, 0) is 36.6 Å². The van der Waals surface area contributed by atoms with Gasteiger partial charge in [-0.15, -0.1) is 0 Å². The highest BCUT2D eigenvalue weighted by atomic mass is 32.2. The lowest BCUT2D eigenvalue weighted by atomic mass is 10.2. The minimum Gasteiger partial charge on any atom is -0.351 e. The molecule has 0 aromatic heterocycles. The van der Waals surface area contributed by atoms with E-state index < -0.39 is 10.0 Å². The van der Waals surface area contributed by atoms with Crippen LogP contribution in [0.4, 0.5) is 0 Å². The molecule has 2 saturated heterocycles. The lowest BCUT2D eigenvalue weighted by Gasteiger charge is -2.34. The van der Waals surface area contributed by atoms with Gasteiger partial charge in [0.25, 0.3) is 5.91 Å². The van der Waals surface area contributed by atoms with E-state index in [-0.39, 0.29) is 10.8 Å². The van der Waals surface area contributed by atoms with E-state index in [0.717, 1.165) is 58.5 Å². The van der Waals surface area contributed by atoms with Gasteiger partial charge in [-0.2, -0.15) is 4.31 Å². The average Bonchev–Trinajstić information content (AvgIpc) is 2.86. The molecule has 4 rings (SSSR count). The number of hydrogen-bond acceptors (Lipinski definition) is 5. The summed E-state index contributed by atoms with van der Waals surface area (Å²) in [4.78, 5) is 17.7. The molecule has 33 heavy (non-hydrogen) atoms. The lowest BCUT2D eigenvalue weighted by Crippen LogP contribution is -2.48. The SMILES string of the molecule is O=C(NCCN1CCN(Cc2ccccc2)CC1)c1cccc(S(=O)(=O)N2CCCCC2)c1. The van der Waals surface area contributed by atoms with E-state index in [1.54, 1.807) is 18.2 Å². The number of piperidine rings is 1. The fourth-order valence-corrected chi connectivity index (χ4v) is 6.06. The number of benzene rings is 2. The number of carbonyl (C=O) groups excluding carboxylic acids is 1. The Morgan fingerprint density at radius 3 is 2.24 bits per heavy atom. The van der Waals surface area contributed by atoms with Crippen molar-refractivity contribution < 1.29 is 13.2 Å². The number of piperazine rings is 1. The Morgan fingerprint density at radius 1 is 0.818 bits per heavy atom. The van der Waals surface area contributed by atoms with Crippen LogP contribution in [0.2, 0.25) is 0 Å². The van der Waals surface area contributed by atoms with E-state index in [1.807, 2.05) is 6.07 Å². The molecule has 2 fully saturated rings. The average molecular weight is 471 g/mol. The van der Waals surface area contributed by atoms with Crippen molar-refractivity contribution in [1.29, 1.82) is 0 Å². The Morgan fingerprint density at radius 2 is 1.52 bits per heavy atom. The maximum atomic E-state index is 12.9. The van der Waals surface area contributed by atoms with Crippen molar-refractivity contribution in [3.8, 4) is 0 Å². The zero-order valence-electron chi connectivity index (χ0n) is 19.2. The van der Waals surface area contributed by atoms with Crippen LogP contribution in [-0.4, -0.2) is 80.8 Å². The van der Waals surface area contributed by atoms with E-state index in [0.29, 0.717) is 25.2 Å². The third kappa shape index (κ3) is 6.41. The molecule has 2 aliphatic heterocycles. The number of nitrogens with zero attached hydrogens (tertiary/aromatic N) is 3. The van der Waals surface area contributed by atoms with Gasteiger partial charge >= 0.3 is 0 Å². The number of amides is 1. The minimum atomic E-state index is -3.54. The first-order valence-corrected chi connectivity index (χ1v) is 13.3. The van der Waals surface area contributed by atoms with Gasteiger partial charge in [0.15, 0.2) is 0 Å². The minimum absolute atomic E-state index is 0.201. The Kier molecular flexibility index (Phi) is 8.14. The van der Waals surface area contributed by atoms with Gasteiger partial charge in [0, 0.05) is 64.5 Å². The number of sulfonamides is 1. The summed E-state index contributed by atoms with van der Waals surface area (Å²) in [7, 11) is -3.54. The summed E-state index contributed by atoms with van der Waals surface area (Å²) in [6.45, 7) is 7.39. The van der Waals surface area contributed by atoms with E-state index >= 15 is 0 Å². The van der Waals surface area contributed by atoms with Crippen molar-refractivity contribution >= 4 is 15.9 Å². The molecule has 1 amide bonds. The third-order valence-corrected chi connectivity index (χ3v) is 8.37. The summed E-state index contributed by atoms with van der Waals surface area (Å²) < 4.78 is 27.3. The molecule has 0 bridgehead atoms. The van der Waals surface area contributed by atoms with Crippen LogP contribution in [0.1, 0.15) is 35.2 Å². The summed E-state index contributed by atoms with van der Waals surface area (Å²) in [5.74, 6) is -0.228. The molecule has 8 heteroatoms. The van der Waals surface area contributed by atoms with Gasteiger partial charge in [0.2, 0.25) is 10.0 Å². The van der Waals surface area contributed by atoms with E-state index in [4.69, 9.17) is 0 Å². The summed E-state index contributed by atoms with van der Waals surface area (Å²) in [5.41, 5.74) is 1.73. The second kappa shape index (κ2) is 11.2. The summed E-state index contributed by atoms with van der Waals surface area (Å²) in [6, 6.07) is 16.9. The van der Waals surface area contributed by atoms with Gasteiger partial charge in [0.1, 0.15) is 0 Å². The quantitative estimate of drug-likeness (QED) is 0.642.